The molecule has 2 aliphatic rings. The largest absolute Gasteiger partial charge is 0.391 e. The smallest absolute Gasteiger partial charge is 0.194 e. The molecule has 6 heteroatoms. The Balaban J connectivity index is 0.00000264. The molecule has 2 N–H and O–H groups in total. The molecule has 0 aromatic carbocycles. The lowest BCUT2D eigenvalue weighted by Gasteiger charge is -2.42. The van der Waals surface area contributed by atoms with Crippen LogP contribution in [0, 0.1) is 5.92 Å². The zero-order valence-electron chi connectivity index (χ0n) is 15.2. The normalized spacial score (nSPS) is 27.0. The lowest BCUT2D eigenvalue weighted by molar-refractivity contribution is 0.0773. The van der Waals surface area contributed by atoms with Crippen LogP contribution >= 0.6 is 24.0 Å². The molecule has 136 valence electrons. The molecule has 5 nitrogen and oxygen atoms in total. The Kier molecular flexibility index (Phi) is 8.58. The van der Waals surface area contributed by atoms with Crippen molar-refractivity contribution in [1.29, 1.82) is 0 Å². The van der Waals surface area contributed by atoms with Gasteiger partial charge in [0.25, 0.3) is 0 Å². The van der Waals surface area contributed by atoms with Gasteiger partial charge in [-0.25, -0.2) is 0 Å². The molecule has 0 saturated carbocycles. The Labute approximate surface area is 158 Å². The maximum absolute atomic E-state index is 9.75. The number of guanidine groups is 1. The van der Waals surface area contributed by atoms with E-state index in [-0.39, 0.29) is 35.6 Å². The van der Waals surface area contributed by atoms with Crippen LogP contribution in [0.3, 0.4) is 0 Å². The third kappa shape index (κ3) is 6.05. The first kappa shape index (κ1) is 21.0. The molecule has 23 heavy (non-hydrogen) atoms. The van der Waals surface area contributed by atoms with Gasteiger partial charge in [-0.1, -0.05) is 6.92 Å². The lowest BCUT2D eigenvalue weighted by Crippen LogP contribution is -2.51. The van der Waals surface area contributed by atoms with Gasteiger partial charge in [0.1, 0.15) is 0 Å². The van der Waals surface area contributed by atoms with Crippen molar-refractivity contribution in [3.05, 3.63) is 0 Å². The summed E-state index contributed by atoms with van der Waals surface area (Å²) in [7, 11) is 0. The van der Waals surface area contributed by atoms with E-state index in [0.29, 0.717) is 6.54 Å². The molecule has 2 saturated heterocycles. The number of β-amino-alcohol motifs (C(OH)–C–C–N with tert-alkyl or cyclic N) is 1. The Morgan fingerprint density at radius 3 is 2.57 bits per heavy atom. The van der Waals surface area contributed by atoms with E-state index < -0.39 is 0 Å². The molecule has 0 amide bonds. The number of likely N-dealkylation sites (tertiary alicyclic amines) is 2. The molecular weight excluding hydrogens is 403 g/mol. The summed E-state index contributed by atoms with van der Waals surface area (Å²) in [6, 6.07) is 0. The monoisotopic (exact) mass is 438 g/mol. The van der Waals surface area contributed by atoms with Gasteiger partial charge in [0.15, 0.2) is 5.96 Å². The Morgan fingerprint density at radius 2 is 2.00 bits per heavy atom. The number of aliphatic hydroxyl groups is 1. The molecule has 2 aliphatic heterocycles. The number of nitrogens with zero attached hydrogens (tertiary/aromatic N) is 3. The van der Waals surface area contributed by atoms with Crippen LogP contribution in [0.4, 0.5) is 0 Å². The SMILES string of the molecule is CCNC(=NCC(C)(C)N1CCCC(C)C1)N1CC[C@@H](O)C1.I. The zero-order chi connectivity index (χ0) is 16.2. The van der Waals surface area contributed by atoms with Crippen molar-refractivity contribution in [3.8, 4) is 0 Å². The number of aliphatic imine (C=N–C) groups is 1. The quantitative estimate of drug-likeness (QED) is 0.401. The summed E-state index contributed by atoms with van der Waals surface area (Å²) in [5.74, 6) is 1.75. The van der Waals surface area contributed by atoms with Crippen LogP contribution < -0.4 is 5.32 Å². The molecule has 2 fully saturated rings. The zero-order valence-corrected chi connectivity index (χ0v) is 17.5. The van der Waals surface area contributed by atoms with Gasteiger partial charge < -0.3 is 15.3 Å². The van der Waals surface area contributed by atoms with Gasteiger partial charge in [0.05, 0.1) is 12.6 Å². The Hall–Kier alpha value is -0.0800. The summed E-state index contributed by atoms with van der Waals surface area (Å²) in [6.45, 7) is 14.7. The van der Waals surface area contributed by atoms with E-state index in [1.165, 1.54) is 25.9 Å². The standard InChI is InChI=1S/C17H34N4O.HI/c1-5-18-16(20-10-8-15(22)12-20)19-13-17(3,4)21-9-6-7-14(2)11-21;/h14-15,22H,5-13H2,1-4H3,(H,18,19);1H/t14?,15-;/m1./s1. The van der Waals surface area contributed by atoms with Gasteiger partial charge >= 0.3 is 0 Å². The van der Waals surface area contributed by atoms with Gasteiger partial charge in [-0.05, 0) is 52.5 Å². The minimum Gasteiger partial charge on any atom is -0.391 e. The number of halogens is 1. The number of rotatable bonds is 4. The van der Waals surface area contributed by atoms with Gasteiger partial charge in [0, 0.05) is 31.7 Å². The maximum Gasteiger partial charge on any atom is 0.194 e. The van der Waals surface area contributed by atoms with Crippen molar-refractivity contribution in [2.24, 2.45) is 10.9 Å². The summed E-state index contributed by atoms with van der Waals surface area (Å²) in [5.41, 5.74) is 0.0910. The number of nitrogens with one attached hydrogen (secondary N) is 1. The molecule has 2 rings (SSSR count). The predicted octanol–water partition coefficient (Wildman–Crippen LogP) is 2.15. The molecule has 2 heterocycles. The predicted molar refractivity (Wildman–Crippen MR) is 108 cm³/mol. The van der Waals surface area contributed by atoms with E-state index in [1.54, 1.807) is 0 Å². The van der Waals surface area contributed by atoms with Crippen molar-refractivity contribution >= 4 is 29.9 Å². The highest BCUT2D eigenvalue weighted by atomic mass is 127. The van der Waals surface area contributed by atoms with Crippen molar-refractivity contribution in [3.63, 3.8) is 0 Å². The van der Waals surface area contributed by atoms with Crippen LogP contribution in [0.1, 0.15) is 47.0 Å². The summed E-state index contributed by atoms with van der Waals surface area (Å²) < 4.78 is 0. The highest BCUT2D eigenvalue weighted by Gasteiger charge is 2.30. The molecule has 2 atom stereocenters. The van der Waals surface area contributed by atoms with Crippen LogP contribution in [0.25, 0.3) is 0 Å². The van der Waals surface area contributed by atoms with Gasteiger partial charge in [-0.2, -0.15) is 0 Å². The fourth-order valence-electron chi connectivity index (χ4n) is 3.47. The lowest BCUT2D eigenvalue weighted by atomic mass is 9.94. The van der Waals surface area contributed by atoms with Crippen LogP contribution in [-0.4, -0.2) is 71.8 Å². The van der Waals surface area contributed by atoms with Gasteiger partial charge in [0.2, 0.25) is 0 Å². The Bertz CT molecular complexity index is 389. The third-order valence-electron chi connectivity index (χ3n) is 4.93. The average molecular weight is 438 g/mol. The van der Waals surface area contributed by atoms with E-state index >= 15 is 0 Å². The third-order valence-corrected chi connectivity index (χ3v) is 4.93. The number of aliphatic hydroxyl groups excluding tert-OH is 1. The fraction of sp³-hybridized carbons (Fsp3) is 0.941. The summed E-state index contributed by atoms with van der Waals surface area (Å²) in [5, 5.41) is 13.1. The van der Waals surface area contributed by atoms with Crippen molar-refractivity contribution in [1.82, 2.24) is 15.1 Å². The minimum absolute atomic E-state index is 0. The second-order valence-corrected chi connectivity index (χ2v) is 7.56. The molecule has 1 unspecified atom stereocenters. The second-order valence-electron chi connectivity index (χ2n) is 7.56. The molecular formula is C17H35IN4O. The van der Waals surface area contributed by atoms with E-state index in [9.17, 15) is 5.11 Å². The molecule has 0 aliphatic carbocycles. The fourth-order valence-corrected chi connectivity index (χ4v) is 3.47. The molecule has 0 aromatic rings. The van der Waals surface area contributed by atoms with E-state index in [4.69, 9.17) is 4.99 Å². The molecule has 0 spiro atoms. The molecule has 0 bridgehead atoms. The molecule has 0 radical (unpaired) electrons. The van der Waals surface area contributed by atoms with E-state index in [2.05, 4.69) is 42.8 Å². The summed E-state index contributed by atoms with van der Waals surface area (Å²) in [4.78, 5) is 9.65. The van der Waals surface area contributed by atoms with Crippen LogP contribution in [0.2, 0.25) is 0 Å². The Morgan fingerprint density at radius 1 is 1.26 bits per heavy atom. The van der Waals surface area contributed by atoms with E-state index in [1.807, 2.05) is 0 Å². The first-order chi connectivity index (χ1) is 10.4. The van der Waals surface area contributed by atoms with Crippen LogP contribution in [-0.2, 0) is 0 Å². The van der Waals surface area contributed by atoms with Gasteiger partial charge in [-0.15, -0.1) is 24.0 Å². The van der Waals surface area contributed by atoms with E-state index in [0.717, 1.165) is 37.9 Å². The molecule has 0 aromatic heterocycles. The average Bonchev–Trinajstić information content (AvgIpc) is 2.90. The highest BCUT2D eigenvalue weighted by Crippen LogP contribution is 2.24. The first-order valence-electron chi connectivity index (χ1n) is 8.88. The van der Waals surface area contributed by atoms with Crippen LogP contribution in [0.5, 0.6) is 0 Å². The first-order valence-corrected chi connectivity index (χ1v) is 8.88. The summed E-state index contributed by atoms with van der Waals surface area (Å²) >= 11 is 0. The van der Waals surface area contributed by atoms with Crippen molar-refractivity contribution in [2.75, 3.05) is 39.3 Å². The minimum atomic E-state index is -0.209. The van der Waals surface area contributed by atoms with Crippen molar-refractivity contribution < 1.29 is 5.11 Å². The highest BCUT2D eigenvalue weighted by molar-refractivity contribution is 14.0. The van der Waals surface area contributed by atoms with Crippen LogP contribution in [0.15, 0.2) is 4.99 Å². The maximum atomic E-state index is 9.75. The number of piperidine rings is 1. The van der Waals surface area contributed by atoms with Gasteiger partial charge in [-0.3, -0.25) is 9.89 Å². The second kappa shape index (κ2) is 9.42. The number of hydrogen-bond donors (Lipinski definition) is 2. The topological polar surface area (TPSA) is 51.1 Å². The number of hydrogen-bond acceptors (Lipinski definition) is 3. The summed E-state index contributed by atoms with van der Waals surface area (Å²) in [6.07, 6.45) is 3.29. The van der Waals surface area contributed by atoms with Crippen molar-refractivity contribution in [2.45, 2.75) is 58.6 Å².